The van der Waals surface area contributed by atoms with Gasteiger partial charge in [0.15, 0.2) is 0 Å². The van der Waals surface area contributed by atoms with E-state index in [4.69, 9.17) is 5.73 Å². The van der Waals surface area contributed by atoms with Crippen LogP contribution in [0.25, 0.3) is 0 Å². The summed E-state index contributed by atoms with van der Waals surface area (Å²) in [5.74, 6) is 0.197. The fraction of sp³-hybridized carbons (Fsp3) is 0.545. The Hall–Kier alpha value is -0.870. The van der Waals surface area contributed by atoms with Crippen LogP contribution in [0, 0.1) is 0 Å². The van der Waals surface area contributed by atoms with E-state index in [1.165, 1.54) is 4.88 Å². The van der Waals surface area contributed by atoms with Crippen molar-refractivity contribution in [2.75, 3.05) is 6.54 Å². The van der Waals surface area contributed by atoms with E-state index in [0.717, 1.165) is 6.42 Å². The number of amides is 1. The van der Waals surface area contributed by atoms with Gasteiger partial charge in [0.05, 0.1) is 6.04 Å². The lowest BCUT2D eigenvalue weighted by Gasteiger charge is -2.26. The molecule has 0 radical (unpaired) electrons. The van der Waals surface area contributed by atoms with Crippen molar-refractivity contribution in [2.24, 2.45) is 5.73 Å². The zero-order valence-electron chi connectivity index (χ0n) is 8.85. The van der Waals surface area contributed by atoms with Crippen LogP contribution in [0.2, 0.25) is 0 Å². The third-order valence-electron chi connectivity index (χ3n) is 2.82. The second-order valence-electron chi connectivity index (χ2n) is 3.95. The molecule has 2 N–H and O–H groups in total. The summed E-state index contributed by atoms with van der Waals surface area (Å²) >= 11 is 1.71. The second kappa shape index (κ2) is 4.33. The summed E-state index contributed by atoms with van der Waals surface area (Å²) in [6.07, 6.45) is 1.46. The lowest BCUT2D eigenvalue weighted by molar-refractivity contribution is -0.129. The Morgan fingerprint density at radius 3 is 3.00 bits per heavy atom. The Balaban J connectivity index is 2.17. The quantitative estimate of drug-likeness (QED) is 0.850. The maximum Gasteiger partial charge on any atom is 0.224 e. The highest BCUT2D eigenvalue weighted by molar-refractivity contribution is 7.10. The van der Waals surface area contributed by atoms with E-state index >= 15 is 0 Å². The summed E-state index contributed by atoms with van der Waals surface area (Å²) in [5.41, 5.74) is 5.80. The molecule has 2 rings (SSSR count). The van der Waals surface area contributed by atoms with E-state index in [1.54, 1.807) is 11.3 Å². The second-order valence-corrected chi connectivity index (χ2v) is 4.93. The number of carbonyl (C=O) groups excluding carboxylic acids is 1. The standard InChI is InChI=1S/C11H16N2OS/c1-2-9(10-4-3-5-15-10)13-7-8(12)6-11(13)14/h3-5,8-9H,2,6-7,12H2,1H3. The van der Waals surface area contributed by atoms with Crippen LogP contribution in [0.15, 0.2) is 17.5 Å². The molecule has 1 aromatic rings. The van der Waals surface area contributed by atoms with E-state index < -0.39 is 0 Å². The maximum atomic E-state index is 11.7. The zero-order valence-corrected chi connectivity index (χ0v) is 9.67. The van der Waals surface area contributed by atoms with Gasteiger partial charge in [-0.1, -0.05) is 13.0 Å². The molecule has 1 aromatic heterocycles. The first-order valence-electron chi connectivity index (χ1n) is 5.30. The fourth-order valence-corrected chi connectivity index (χ4v) is 3.04. The molecule has 1 amide bonds. The number of rotatable bonds is 3. The minimum atomic E-state index is 0.0199. The van der Waals surface area contributed by atoms with Crippen LogP contribution in [-0.4, -0.2) is 23.4 Å². The Morgan fingerprint density at radius 1 is 1.73 bits per heavy atom. The van der Waals surface area contributed by atoms with Crippen LogP contribution in [0.5, 0.6) is 0 Å². The number of hydrogen-bond donors (Lipinski definition) is 1. The molecule has 1 aliphatic heterocycles. The van der Waals surface area contributed by atoms with Gasteiger partial charge in [-0.2, -0.15) is 0 Å². The summed E-state index contributed by atoms with van der Waals surface area (Å²) in [4.78, 5) is 14.9. The topological polar surface area (TPSA) is 46.3 Å². The molecule has 2 heterocycles. The molecule has 15 heavy (non-hydrogen) atoms. The van der Waals surface area contributed by atoms with Crippen molar-refractivity contribution in [3.05, 3.63) is 22.4 Å². The number of nitrogens with zero attached hydrogens (tertiary/aromatic N) is 1. The van der Waals surface area contributed by atoms with Crippen molar-refractivity contribution >= 4 is 17.2 Å². The van der Waals surface area contributed by atoms with Gasteiger partial charge in [0, 0.05) is 23.9 Å². The van der Waals surface area contributed by atoms with E-state index in [1.807, 2.05) is 11.0 Å². The Morgan fingerprint density at radius 2 is 2.53 bits per heavy atom. The number of likely N-dealkylation sites (tertiary alicyclic amines) is 1. The highest BCUT2D eigenvalue weighted by atomic mass is 32.1. The van der Waals surface area contributed by atoms with Gasteiger partial charge in [0.2, 0.25) is 5.91 Å². The Labute approximate surface area is 93.9 Å². The van der Waals surface area contributed by atoms with Crippen LogP contribution in [0.3, 0.4) is 0 Å². The van der Waals surface area contributed by atoms with E-state index in [2.05, 4.69) is 18.4 Å². The van der Waals surface area contributed by atoms with E-state index in [9.17, 15) is 4.79 Å². The number of carbonyl (C=O) groups is 1. The molecule has 3 nitrogen and oxygen atoms in total. The summed E-state index contributed by atoms with van der Waals surface area (Å²) in [7, 11) is 0. The van der Waals surface area contributed by atoms with Crippen molar-refractivity contribution in [1.29, 1.82) is 0 Å². The molecule has 0 spiro atoms. The molecule has 1 aliphatic rings. The monoisotopic (exact) mass is 224 g/mol. The van der Waals surface area contributed by atoms with E-state index in [0.29, 0.717) is 13.0 Å². The molecule has 0 aromatic carbocycles. The average Bonchev–Trinajstić information content (AvgIpc) is 2.79. The van der Waals surface area contributed by atoms with Gasteiger partial charge in [-0.3, -0.25) is 4.79 Å². The van der Waals surface area contributed by atoms with Gasteiger partial charge in [0.25, 0.3) is 0 Å². The van der Waals surface area contributed by atoms with Gasteiger partial charge < -0.3 is 10.6 Å². The minimum Gasteiger partial charge on any atom is -0.333 e. The van der Waals surface area contributed by atoms with Crippen LogP contribution >= 0.6 is 11.3 Å². The zero-order chi connectivity index (χ0) is 10.8. The Bertz CT molecular complexity index is 336. The summed E-state index contributed by atoms with van der Waals surface area (Å²) in [6.45, 7) is 2.82. The van der Waals surface area contributed by atoms with Crippen LogP contribution in [0.4, 0.5) is 0 Å². The van der Waals surface area contributed by atoms with Crippen molar-refractivity contribution in [2.45, 2.75) is 31.8 Å². The fourth-order valence-electron chi connectivity index (χ4n) is 2.12. The minimum absolute atomic E-state index is 0.0199. The number of thiophene rings is 1. The number of hydrogen-bond acceptors (Lipinski definition) is 3. The third kappa shape index (κ3) is 2.06. The molecule has 0 saturated carbocycles. The molecule has 1 fully saturated rings. The molecule has 0 aliphatic carbocycles. The first kappa shape index (κ1) is 10.6. The van der Waals surface area contributed by atoms with Crippen molar-refractivity contribution in [1.82, 2.24) is 4.90 Å². The van der Waals surface area contributed by atoms with E-state index in [-0.39, 0.29) is 18.0 Å². The third-order valence-corrected chi connectivity index (χ3v) is 3.80. The molecule has 4 heteroatoms. The van der Waals surface area contributed by atoms with Crippen molar-refractivity contribution < 1.29 is 4.79 Å². The van der Waals surface area contributed by atoms with Crippen LogP contribution < -0.4 is 5.73 Å². The van der Waals surface area contributed by atoms with Gasteiger partial charge in [0.1, 0.15) is 0 Å². The molecule has 2 atom stereocenters. The molecular formula is C11H16N2OS. The molecule has 82 valence electrons. The summed E-state index contributed by atoms with van der Waals surface area (Å²) in [6, 6.07) is 4.37. The predicted molar refractivity (Wildman–Crippen MR) is 61.7 cm³/mol. The van der Waals surface area contributed by atoms with Gasteiger partial charge >= 0.3 is 0 Å². The average molecular weight is 224 g/mol. The smallest absolute Gasteiger partial charge is 0.224 e. The highest BCUT2D eigenvalue weighted by Crippen LogP contribution is 2.30. The maximum absolute atomic E-state index is 11.7. The molecule has 1 saturated heterocycles. The van der Waals surface area contributed by atoms with Crippen molar-refractivity contribution in [3.63, 3.8) is 0 Å². The SMILES string of the molecule is CCC(c1cccs1)N1CC(N)CC1=O. The molecule has 2 unspecified atom stereocenters. The largest absolute Gasteiger partial charge is 0.333 e. The predicted octanol–water partition coefficient (Wildman–Crippen LogP) is 1.76. The van der Waals surface area contributed by atoms with Crippen LogP contribution in [-0.2, 0) is 4.79 Å². The Kier molecular flexibility index (Phi) is 3.07. The molecule has 0 bridgehead atoms. The lowest BCUT2D eigenvalue weighted by atomic mass is 10.1. The first-order valence-corrected chi connectivity index (χ1v) is 6.18. The summed E-state index contributed by atoms with van der Waals surface area (Å²) in [5, 5.41) is 2.05. The van der Waals surface area contributed by atoms with Gasteiger partial charge in [-0.05, 0) is 17.9 Å². The van der Waals surface area contributed by atoms with Crippen molar-refractivity contribution in [3.8, 4) is 0 Å². The lowest BCUT2D eigenvalue weighted by Crippen LogP contribution is -2.31. The number of nitrogens with two attached hydrogens (primary N) is 1. The molecular weight excluding hydrogens is 208 g/mol. The highest BCUT2D eigenvalue weighted by Gasteiger charge is 2.32. The van der Waals surface area contributed by atoms with Gasteiger partial charge in [-0.25, -0.2) is 0 Å². The first-order chi connectivity index (χ1) is 7.22. The normalized spacial score (nSPS) is 23.5. The van der Waals surface area contributed by atoms with Gasteiger partial charge in [-0.15, -0.1) is 11.3 Å². The van der Waals surface area contributed by atoms with Crippen LogP contribution in [0.1, 0.15) is 30.7 Å². The summed E-state index contributed by atoms with van der Waals surface area (Å²) < 4.78 is 0.